The zero-order valence-corrected chi connectivity index (χ0v) is 39.7. The normalized spacial score (nSPS) is 12.7. The third-order valence-corrected chi connectivity index (χ3v) is 12.3. The summed E-state index contributed by atoms with van der Waals surface area (Å²) in [5.74, 6) is -0.0902. The molecule has 6 nitrogen and oxygen atoms in total. The van der Waals surface area contributed by atoms with Gasteiger partial charge in [-0.1, -0.05) is 238 Å². The molecule has 3 N–H and O–H groups in total. The van der Waals surface area contributed by atoms with E-state index in [1.54, 1.807) is 0 Å². The van der Waals surface area contributed by atoms with Gasteiger partial charge >= 0.3 is 5.97 Å². The van der Waals surface area contributed by atoms with Gasteiger partial charge in [-0.25, -0.2) is 0 Å². The summed E-state index contributed by atoms with van der Waals surface area (Å²) in [4.78, 5) is 24.5. The zero-order valence-electron chi connectivity index (χ0n) is 39.7. The van der Waals surface area contributed by atoms with Gasteiger partial charge in [0, 0.05) is 12.8 Å². The Kier molecular flexibility index (Phi) is 48.1. The second kappa shape index (κ2) is 49.3. The molecule has 0 saturated heterocycles. The number of amides is 1. The van der Waals surface area contributed by atoms with Gasteiger partial charge in [0.1, 0.15) is 0 Å². The Morgan fingerprint density at radius 3 is 1.20 bits per heavy atom. The van der Waals surface area contributed by atoms with Crippen molar-refractivity contribution in [1.82, 2.24) is 5.32 Å². The van der Waals surface area contributed by atoms with Gasteiger partial charge in [-0.3, -0.25) is 9.59 Å². The lowest BCUT2D eigenvalue weighted by Crippen LogP contribution is -2.45. The molecular formula is C53H103NO5. The number of hydrogen-bond donors (Lipinski definition) is 3. The molecule has 350 valence electrons. The monoisotopic (exact) mass is 834 g/mol. The molecule has 0 heterocycles. The average Bonchev–Trinajstić information content (AvgIpc) is 3.24. The number of esters is 1. The smallest absolute Gasteiger partial charge is 0.305 e. The third kappa shape index (κ3) is 45.9. The van der Waals surface area contributed by atoms with Crippen LogP contribution in [0.1, 0.15) is 290 Å². The van der Waals surface area contributed by atoms with Gasteiger partial charge in [0.15, 0.2) is 0 Å². The van der Waals surface area contributed by atoms with Crippen molar-refractivity contribution in [2.75, 3.05) is 13.2 Å². The molecule has 0 aliphatic carbocycles. The van der Waals surface area contributed by atoms with Crippen molar-refractivity contribution in [1.29, 1.82) is 0 Å². The Balaban J connectivity index is 3.50. The van der Waals surface area contributed by atoms with E-state index in [0.717, 1.165) is 77.0 Å². The molecule has 2 atom stereocenters. The number of carbonyl (C=O) groups excluding carboxylic acids is 2. The number of hydrogen-bond acceptors (Lipinski definition) is 5. The predicted octanol–water partition coefficient (Wildman–Crippen LogP) is 15.7. The summed E-state index contributed by atoms with van der Waals surface area (Å²) < 4.78 is 5.44. The number of aliphatic hydroxyl groups excluding tert-OH is 2. The molecule has 0 aromatic rings. The molecule has 59 heavy (non-hydrogen) atoms. The second-order valence-corrected chi connectivity index (χ2v) is 18.2. The third-order valence-electron chi connectivity index (χ3n) is 12.3. The Morgan fingerprint density at radius 2 is 0.797 bits per heavy atom. The van der Waals surface area contributed by atoms with Crippen LogP contribution in [0.3, 0.4) is 0 Å². The molecule has 0 saturated carbocycles. The van der Waals surface area contributed by atoms with Crippen molar-refractivity contribution >= 4 is 11.9 Å². The summed E-state index contributed by atoms with van der Waals surface area (Å²) >= 11 is 0. The van der Waals surface area contributed by atoms with Crippen molar-refractivity contribution in [3.8, 4) is 0 Å². The van der Waals surface area contributed by atoms with Crippen LogP contribution in [0.4, 0.5) is 0 Å². The highest BCUT2D eigenvalue weighted by atomic mass is 16.5. The fourth-order valence-electron chi connectivity index (χ4n) is 8.22. The van der Waals surface area contributed by atoms with E-state index in [2.05, 4.69) is 31.3 Å². The lowest BCUT2D eigenvalue weighted by atomic mass is 10.0. The zero-order chi connectivity index (χ0) is 43.0. The average molecular weight is 834 g/mol. The minimum absolute atomic E-state index is 0.0284. The first-order valence-electron chi connectivity index (χ1n) is 26.4. The first kappa shape index (κ1) is 57.6. The fraction of sp³-hybridized carbons (Fsp3) is 0.925. The summed E-state index contributed by atoms with van der Waals surface area (Å²) in [6, 6.07) is -0.561. The van der Waals surface area contributed by atoms with E-state index >= 15 is 0 Å². The standard InChI is InChI=1S/C53H103NO5/c1-3-5-7-9-11-13-15-17-19-20-21-22-25-29-33-37-41-45-51(56)50(49-55)54-52(57)46-42-38-34-30-26-24-28-32-36-40-44-48-59-53(58)47-43-39-35-31-27-23-18-16-14-12-10-8-6-4-2/h28,32,50-51,55-56H,3-27,29-31,33-49H2,1-2H3,(H,54,57)/b32-28-. The summed E-state index contributed by atoms with van der Waals surface area (Å²) in [7, 11) is 0. The van der Waals surface area contributed by atoms with Gasteiger partial charge in [-0.15, -0.1) is 0 Å². The molecule has 6 heteroatoms. The van der Waals surface area contributed by atoms with E-state index in [-0.39, 0.29) is 18.5 Å². The van der Waals surface area contributed by atoms with E-state index < -0.39 is 12.1 Å². The van der Waals surface area contributed by atoms with Crippen LogP contribution in [-0.2, 0) is 14.3 Å². The van der Waals surface area contributed by atoms with Crippen LogP contribution < -0.4 is 5.32 Å². The van der Waals surface area contributed by atoms with Crippen LogP contribution >= 0.6 is 0 Å². The molecular weight excluding hydrogens is 731 g/mol. The first-order valence-corrected chi connectivity index (χ1v) is 26.4. The van der Waals surface area contributed by atoms with E-state index in [1.807, 2.05) is 0 Å². The van der Waals surface area contributed by atoms with E-state index in [1.165, 1.54) is 180 Å². The minimum atomic E-state index is -0.681. The predicted molar refractivity (Wildman–Crippen MR) is 255 cm³/mol. The van der Waals surface area contributed by atoms with E-state index in [0.29, 0.717) is 25.9 Å². The number of unbranched alkanes of at least 4 members (excludes halogenated alkanes) is 36. The highest BCUT2D eigenvalue weighted by molar-refractivity contribution is 5.76. The van der Waals surface area contributed by atoms with Crippen LogP contribution in [0.15, 0.2) is 12.2 Å². The van der Waals surface area contributed by atoms with Gasteiger partial charge in [0.2, 0.25) is 5.91 Å². The van der Waals surface area contributed by atoms with Gasteiger partial charge in [0.05, 0.1) is 25.4 Å². The number of aliphatic hydroxyl groups is 2. The molecule has 0 aliphatic heterocycles. The molecule has 0 aromatic carbocycles. The molecule has 0 bridgehead atoms. The molecule has 0 spiro atoms. The minimum Gasteiger partial charge on any atom is -0.466 e. The lowest BCUT2D eigenvalue weighted by Gasteiger charge is -2.22. The highest BCUT2D eigenvalue weighted by Gasteiger charge is 2.20. The molecule has 0 fully saturated rings. The number of carbonyl (C=O) groups is 2. The Morgan fingerprint density at radius 1 is 0.458 bits per heavy atom. The quantitative estimate of drug-likeness (QED) is 0.0322. The van der Waals surface area contributed by atoms with Crippen LogP contribution in [0.5, 0.6) is 0 Å². The maximum atomic E-state index is 12.5. The Labute approximate surface area is 368 Å². The van der Waals surface area contributed by atoms with E-state index in [4.69, 9.17) is 4.74 Å². The summed E-state index contributed by atoms with van der Waals surface area (Å²) in [6.45, 7) is 4.89. The molecule has 0 rings (SSSR count). The molecule has 0 radical (unpaired) electrons. The fourth-order valence-corrected chi connectivity index (χ4v) is 8.22. The number of ether oxygens (including phenoxy) is 1. The number of rotatable bonds is 49. The van der Waals surface area contributed by atoms with Crippen molar-refractivity contribution in [2.45, 2.75) is 302 Å². The molecule has 0 aliphatic rings. The van der Waals surface area contributed by atoms with Crippen molar-refractivity contribution in [2.24, 2.45) is 0 Å². The van der Waals surface area contributed by atoms with Crippen molar-refractivity contribution < 1.29 is 24.5 Å². The molecule has 2 unspecified atom stereocenters. The molecule has 0 aromatic heterocycles. The maximum absolute atomic E-state index is 12.5. The number of allylic oxidation sites excluding steroid dienone is 2. The van der Waals surface area contributed by atoms with Gasteiger partial charge in [0.25, 0.3) is 0 Å². The van der Waals surface area contributed by atoms with Crippen LogP contribution in [-0.4, -0.2) is 47.4 Å². The number of nitrogens with one attached hydrogen (secondary N) is 1. The Bertz CT molecular complexity index is 878. The van der Waals surface area contributed by atoms with Crippen LogP contribution in [0, 0.1) is 0 Å². The summed E-state index contributed by atoms with van der Waals surface area (Å²) in [5, 5.41) is 23.2. The Hall–Kier alpha value is -1.40. The summed E-state index contributed by atoms with van der Waals surface area (Å²) in [5.41, 5.74) is 0. The highest BCUT2D eigenvalue weighted by Crippen LogP contribution is 2.17. The maximum Gasteiger partial charge on any atom is 0.305 e. The van der Waals surface area contributed by atoms with Gasteiger partial charge < -0.3 is 20.3 Å². The topological polar surface area (TPSA) is 95.9 Å². The van der Waals surface area contributed by atoms with Crippen molar-refractivity contribution in [3.05, 3.63) is 12.2 Å². The van der Waals surface area contributed by atoms with Crippen LogP contribution in [0.2, 0.25) is 0 Å². The molecule has 1 amide bonds. The van der Waals surface area contributed by atoms with Gasteiger partial charge in [-0.05, 0) is 51.4 Å². The lowest BCUT2D eigenvalue weighted by molar-refractivity contribution is -0.143. The van der Waals surface area contributed by atoms with Crippen LogP contribution in [0.25, 0.3) is 0 Å². The van der Waals surface area contributed by atoms with Gasteiger partial charge in [-0.2, -0.15) is 0 Å². The first-order chi connectivity index (χ1) is 29.0. The second-order valence-electron chi connectivity index (χ2n) is 18.2. The van der Waals surface area contributed by atoms with Crippen molar-refractivity contribution in [3.63, 3.8) is 0 Å². The largest absolute Gasteiger partial charge is 0.466 e. The van der Waals surface area contributed by atoms with E-state index in [9.17, 15) is 19.8 Å². The SMILES string of the molecule is CCCCCCCCCCCCCCCCCCCC(O)C(CO)NC(=O)CCCCCCC/C=C\CCCCOC(=O)CCCCCCCCCCCCCCCC. The summed E-state index contributed by atoms with van der Waals surface area (Å²) in [6.07, 6.45) is 56.1.